The molecular weight excluding hydrogens is 488 g/mol. The van der Waals surface area contributed by atoms with Crippen LogP contribution >= 0.6 is 0 Å². The van der Waals surface area contributed by atoms with Gasteiger partial charge in [-0.05, 0) is 29.8 Å². The minimum atomic E-state index is -0.0521. The molecule has 0 radical (unpaired) electrons. The minimum Gasteiger partial charge on any atom is -0.455 e. The van der Waals surface area contributed by atoms with E-state index in [1.54, 1.807) is 0 Å². The van der Waals surface area contributed by atoms with Crippen LogP contribution in [0, 0.1) is 0 Å². The molecular formula is C37H30N2O. The zero-order valence-corrected chi connectivity index (χ0v) is 22.2. The summed E-state index contributed by atoms with van der Waals surface area (Å²) in [5.41, 5.74) is 8.22. The fourth-order valence-corrected chi connectivity index (χ4v) is 5.86. The Balaban J connectivity index is 1.55. The summed E-state index contributed by atoms with van der Waals surface area (Å²) in [6.07, 6.45) is 0. The van der Waals surface area contributed by atoms with Gasteiger partial charge in [-0.3, -0.25) is 0 Å². The number of fused-ring (bicyclic) bond motifs is 1. The average Bonchev–Trinajstić information content (AvgIpc) is 3.31. The fourth-order valence-electron chi connectivity index (χ4n) is 5.86. The zero-order valence-electron chi connectivity index (χ0n) is 22.2. The molecule has 194 valence electrons. The van der Waals surface area contributed by atoms with Crippen LogP contribution < -0.4 is 9.80 Å². The number of hydrogen-bond donors (Lipinski definition) is 0. The molecule has 0 N–H and O–H groups in total. The Labute approximate surface area is 235 Å². The molecule has 1 aliphatic rings. The van der Waals surface area contributed by atoms with E-state index in [0.29, 0.717) is 0 Å². The number of para-hydroxylation sites is 2. The van der Waals surface area contributed by atoms with Gasteiger partial charge in [0.25, 0.3) is 0 Å². The van der Waals surface area contributed by atoms with Gasteiger partial charge in [0.2, 0.25) is 0 Å². The smallest absolute Gasteiger partial charge is 0.140 e. The van der Waals surface area contributed by atoms with Gasteiger partial charge in [-0.25, -0.2) is 0 Å². The van der Waals surface area contributed by atoms with Crippen molar-refractivity contribution in [2.45, 2.75) is 12.6 Å². The second kappa shape index (κ2) is 10.6. The largest absolute Gasteiger partial charge is 0.455 e. The first-order valence-corrected chi connectivity index (χ1v) is 13.8. The molecule has 1 atom stereocenters. The quantitative estimate of drug-likeness (QED) is 0.227. The van der Waals surface area contributed by atoms with Gasteiger partial charge in [0.1, 0.15) is 11.5 Å². The third-order valence-electron chi connectivity index (χ3n) is 7.70. The van der Waals surface area contributed by atoms with E-state index in [1.165, 1.54) is 28.1 Å². The van der Waals surface area contributed by atoms with E-state index in [4.69, 9.17) is 4.42 Å². The lowest BCUT2D eigenvalue weighted by molar-refractivity contribution is 0.582. The van der Waals surface area contributed by atoms with Crippen molar-refractivity contribution in [2.24, 2.45) is 0 Å². The molecule has 2 heterocycles. The number of nitrogens with zero attached hydrogens (tertiary/aromatic N) is 2. The summed E-state index contributed by atoms with van der Waals surface area (Å²) in [7, 11) is 0. The highest BCUT2D eigenvalue weighted by molar-refractivity contribution is 5.76. The fraction of sp³-hybridized carbons (Fsp3) is 0.0811. The van der Waals surface area contributed by atoms with E-state index in [0.717, 1.165) is 35.9 Å². The molecule has 0 fully saturated rings. The molecule has 0 saturated heterocycles. The zero-order chi connectivity index (χ0) is 26.7. The molecule has 3 heteroatoms. The minimum absolute atomic E-state index is 0.0521. The number of furan rings is 1. The van der Waals surface area contributed by atoms with Crippen molar-refractivity contribution in [3.8, 4) is 22.6 Å². The predicted octanol–water partition coefficient (Wildman–Crippen LogP) is 9.19. The summed E-state index contributed by atoms with van der Waals surface area (Å²) < 4.78 is 6.96. The molecule has 5 aromatic carbocycles. The molecule has 0 saturated carbocycles. The van der Waals surface area contributed by atoms with Gasteiger partial charge >= 0.3 is 0 Å². The summed E-state index contributed by atoms with van der Waals surface area (Å²) >= 11 is 0. The van der Waals surface area contributed by atoms with Gasteiger partial charge in [-0.1, -0.05) is 127 Å². The van der Waals surface area contributed by atoms with Crippen molar-refractivity contribution < 1.29 is 4.42 Å². The molecule has 3 nitrogen and oxygen atoms in total. The van der Waals surface area contributed by atoms with Crippen LogP contribution in [0.25, 0.3) is 22.6 Å². The molecule has 7 rings (SSSR count). The van der Waals surface area contributed by atoms with E-state index in [1.807, 2.05) is 0 Å². The number of benzene rings is 5. The number of hydrogen-bond acceptors (Lipinski definition) is 3. The van der Waals surface area contributed by atoms with Crippen molar-refractivity contribution in [2.75, 3.05) is 16.5 Å². The first kappa shape index (κ1) is 24.1. The van der Waals surface area contributed by atoms with E-state index < -0.39 is 0 Å². The Morgan fingerprint density at radius 2 is 0.975 bits per heavy atom. The first-order chi connectivity index (χ1) is 19.9. The van der Waals surface area contributed by atoms with Crippen molar-refractivity contribution >= 4 is 11.4 Å². The lowest BCUT2D eigenvalue weighted by Gasteiger charge is -2.36. The van der Waals surface area contributed by atoms with Crippen LogP contribution in [0.3, 0.4) is 0 Å². The summed E-state index contributed by atoms with van der Waals surface area (Å²) in [5.74, 6) is 1.87. The lowest BCUT2D eigenvalue weighted by Crippen LogP contribution is -2.38. The normalized spacial score (nSPS) is 14.9. The third kappa shape index (κ3) is 4.46. The van der Waals surface area contributed by atoms with Crippen LogP contribution in [-0.2, 0) is 6.54 Å². The average molecular weight is 519 g/mol. The topological polar surface area (TPSA) is 19.6 Å². The Hall–Kier alpha value is -5.02. The van der Waals surface area contributed by atoms with Gasteiger partial charge < -0.3 is 14.2 Å². The monoisotopic (exact) mass is 518 g/mol. The molecule has 40 heavy (non-hydrogen) atoms. The Morgan fingerprint density at radius 1 is 0.500 bits per heavy atom. The standard InChI is InChI=1S/C37H30N2O/c1-6-16-28(17-7-1)35-34-33(36(29-18-8-2-9-19-29)40-37(34)30-20-10-3-11-21-30)26-38(31-22-12-4-13-23-31)27-39(35)32-24-14-5-15-25-32/h1-25,35H,26-27H2/t35-/m0/s1. The highest BCUT2D eigenvalue weighted by atomic mass is 16.3. The van der Waals surface area contributed by atoms with Crippen molar-refractivity contribution in [3.63, 3.8) is 0 Å². The molecule has 1 aliphatic heterocycles. The maximum atomic E-state index is 6.96. The predicted molar refractivity (Wildman–Crippen MR) is 164 cm³/mol. The van der Waals surface area contributed by atoms with Crippen LogP contribution in [0.4, 0.5) is 11.4 Å². The maximum Gasteiger partial charge on any atom is 0.140 e. The van der Waals surface area contributed by atoms with Crippen LogP contribution in [0.1, 0.15) is 22.7 Å². The Kier molecular flexibility index (Phi) is 6.39. The first-order valence-electron chi connectivity index (χ1n) is 13.8. The van der Waals surface area contributed by atoms with Gasteiger partial charge in [0.05, 0.1) is 12.7 Å². The molecule has 0 amide bonds. The van der Waals surface area contributed by atoms with Gasteiger partial charge in [-0.15, -0.1) is 0 Å². The van der Waals surface area contributed by atoms with Crippen molar-refractivity contribution in [1.29, 1.82) is 0 Å². The Bertz CT molecular complexity index is 1680. The molecule has 0 bridgehead atoms. The molecule has 1 aromatic heterocycles. The number of rotatable bonds is 5. The van der Waals surface area contributed by atoms with Crippen LogP contribution in [-0.4, -0.2) is 6.67 Å². The SMILES string of the molecule is c1ccc(-c2oc(-c3ccccc3)c3c2CN(c2ccccc2)CN(c2ccccc2)[C@H]3c2ccccc2)cc1. The van der Waals surface area contributed by atoms with Crippen LogP contribution in [0.2, 0.25) is 0 Å². The van der Waals surface area contributed by atoms with Crippen LogP contribution in [0.15, 0.2) is 156 Å². The summed E-state index contributed by atoms with van der Waals surface area (Å²) in [6.45, 7) is 1.46. The van der Waals surface area contributed by atoms with E-state index in [2.05, 4.69) is 161 Å². The molecule has 6 aromatic rings. The maximum absolute atomic E-state index is 6.96. The van der Waals surface area contributed by atoms with E-state index >= 15 is 0 Å². The number of anilines is 2. The second-order valence-corrected chi connectivity index (χ2v) is 10.2. The highest BCUT2D eigenvalue weighted by Crippen LogP contribution is 2.48. The summed E-state index contributed by atoms with van der Waals surface area (Å²) in [4.78, 5) is 4.98. The summed E-state index contributed by atoms with van der Waals surface area (Å²) in [6, 6.07) is 53.4. The van der Waals surface area contributed by atoms with Crippen LogP contribution in [0.5, 0.6) is 0 Å². The molecule has 0 spiro atoms. The van der Waals surface area contributed by atoms with Gasteiger partial charge in [0, 0.05) is 40.2 Å². The second-order valence-electron chi connectivity index (χ2n) is 10.2. The van der Waals surface area contributed by atoms with E-state index in [9.17, 15) is 0 Å². The van der Waals surface area contributed by atoms with Gasteiger partial charge in [-0.2, -0.15) is 0 Å². The van der Waals surface area contributed by atoms with E-state index in [-0.39, 0.29) is 6.04 Å². The summed E-state index contributed by atoms with van der Waals surface area (Å²) in [5, 5.41) is 0. The Morgan fingerprint density at radius 3 is 1.55 bits per heavy atom. The van der Waals surface area contributed by atoms with Crippen molar-refractivity contribution in [1.82, 2.24) is 0 Å². The van der Waals surface area contributed by atoms with Gasteiger partial charge in [0.15, 0.2) is 0 Å². The third-order valence-corrected chi connectivity index (χ3v) is 7.70. The molecule has 0 unspecified atom stereocenters. The molecule has 0 aliphatic carbocycles. The van der Waals surface area contributed by atoms with Crippen molar-refractivity contribution in [3.05, 3.63) is 168 Å². The highest BCUT2D eigenvalue weighted by Gasteiger charge is 2.37. The lowest BCUT2D eigenvalue weighted by atomic mass is 9.90.